The number of esters is 1. The van der Waals surface area contributed by atoms with Gasteiger partial charge in [-0.15, -0.1) is 0 Å². The molecule has 7 atom stereocenters. The van der Waals surface area contributed by atoms with Crippen LogP contribution < -0.4 is 0 Å². The Bertz CT molecular complexity index is 585. The lowest BCUT2D eigenvalue weighted by Crippen LogP contribution is -2.57. The van der Waals surface area contributed by atoms with E-state index in [0.29, 0.717) is 6.42 Å². The third kappa shape index (κ3) is 2.86. The first-order valence-corrected chi connectivity index (χ1v) is 9.23. The highest BCUT2D eigenvalue weighted by Gasteiger charge is 2.57. The largest absolute Gasteiger partial charge is 0.462 e. The van der Waals surface area contributed by atoms with E-state index >= 15 is 0 Å². The zero-order valence-electron chi connectivity index (χ0n) is 15.1. The molecule has 0 aromatic carbocycles. The van der Waals surface area contributed by atoms with E-state index in [1.54, 1.807) is 6.08 Å². The predicted molar refractivity (Wildman–Crippen MR) is 93.5 cm³/mol. The number of cyclic esters (lactones) is 1. The van der Waals surface area contributed by atoms with Crippen molar-refractivity contribution >= 4 is 5.97 Å². The first-order chi connectivity index (χ1) is 11.7. The van der Waals surface area contributed by atoms with Crippen LogP contribution in [0.4, 0.5) is 0 Å². The minimum atomic E-state index is -0.792. The summed E-state index contributed by atoms with van der Waals surface area (Å²) in [6.45, 7) is 8.45. The van der Waals surface area contributed by atoms with Gasteiger partial charge < -0.3 is 20.1 Å². The molecule has 2 saturated carbocycles. The molecule has 1 aliphatic heterocycles. The van der Waals surface area contributed by atoms with E-state index in [4.69, 9.17) is 4.74 Å². The summed E-state index contributed by atoms with van der Waals surface area (Å²) in [5, 5.41) is 30.4. The van der Waals surface area contributed by atoms with Gasteiger partial charge in [-0.3, -0.25) is 4.79 Å². The zero-order chi connectivity index (χ0) is 18.4. The lowest BCUT2D eigenvalue weighted by atomic mass is 9.46. The highest BCUT2D eigenvalue weighted by atomic mass is 16.6. The lowest BCUT2D eigenvalue weighted by Gasteiger charge is -2.59. The van der Waals surface area contributed by atoms with Gasteiger partial charge in [-0.25, -0.2) is 0 Å². The fourth-order valence-electron chi connectivity index (χ4n) is 5.45. The fourth-order valence-corrected chi connectivity index (χ4v) is 5.45. The number of aliphatic hydroxyl groups is 3. The molecule has 3 rings (SSSR count). The number of hydrogen-bond donors (Lipinski definition) is 3. The van der Waals surface area contributed by atoms with E-state index in [1.165, 1.54) is 0 Å². The second kappa shape index (κ2) is 6.53. The number of carbonyl (C=O) groups excluding carboxylic acids is 1. The molecule has 1 heterocycles. The molecule has 0 aromatic heterocycles. The van der Waals surface area contributed by atoms with Gasteiger partial charge in [0.15, 0.2) is 0 Å². The van der Waals surface area contributed by atoms with Crippen LogP contribution in [0.2, 0.25) is 0 Å². The molecule has 0 amide bonds. The van der Waals surface area contributed by atoms with Crippen LogP contribution in [0.5, 0.6) is 0 Å². The number of hydrogen-bond acceptors (Lipinski definition) is 5. The third-order valence-corrected chi connectivity index (χ3v) is 7.15. The maximum atomic E-state index is 11.8. The Labute approximate surface area is 149 Å². The third-order valence-electron chi connectivity index (χ3n) is 7.15. The number of carbonyl (C=O) groups is 1. The quantitative estimate of drug-likeness (QED) is 0.534. The Morgan fingerprint density at radius 3 is 2.60 bits per heavy atom. The molecule has 5 nitrogen and oxygen atoms in total. The average molecular weight is 350 g/mol. The molecule has 3 fully saturated rings. The van der Waals surface area contributed by atoms with Crippen molar-refractivity contribution in [2.24, 2.45) is 28.6 Å². The van der Waals surface area contributed by atoms with Gasteiger partial charge in [0, 0.05) is 11.3 Å². The Balaban J connectivity index is 1.90. The van der Waals surface area contributed by atoms with Crippen molar-refractivity contribution in [3.8, 4) is 0 Å². The second-order valence-corrected chi connectivity index (χ2v) is 8.56. The van der Waals surface area contributed by atoms with Gasteiger partial charge in [-0.2, -0.15) is 0 Å². The molecule has 140 valence electrons. The first-order valence-electron chi connectivity index (χ1n) is 9.23. The van der Waals surface area contributed by atoms with Crippen molar-refractivity contribution in [2.45, 2.75) is 51.7 Å². The summed E-state index contributed by atoms with van der Waals surface area (Å²) in [5.41, 5.74) is 0.467. The van der Waals surface area contributed by atoms with Gasteiger partial charge >= 0.3 is 5.97 Å². The molecule has 25 heavy (non-hydrogen) atoms. The first kappa shape index (κ1) is 18.6. The molecule has 0 bridgehead atoms. The second-order valence-electron chi connectivity index (χ2n) is 8.56. The van der Waals surface area contributed by atoms with E-state index < -0.39 is 23.5 Å². The van der Waals surface area contributed by atoms with E-state index in [9.17, 15) is 20.1 Å². The van der Waals surface area contributed by atoms with E-state index in [0.717, 1.165) is 24.8 Å². The topological polar surface area (TPSA) is 87.0 Å². The van der Waals surface area contributed by atoms with Crippen molar-refractivity contribution < 1.29 is 24.9 Å². The summed E-state index contributed by atoms with van der Waals surface area (Å²) < 4.78 is 4.91. The Kier molecular flexibility index (Phi) is 4.86. The Hall–Kier alpha value is -1.17. The number of allylic oxidation sites excluding steroid dienone is 2. The van der Waals surface area contributed by atoms with Crippen molar-refractivity contribution in [2.75, 3.05) is 13.2 Å². The molecule has 0 aromatic rings. The minimum Gasteiger partial charge on any atom is -0.462 e. The van der Waals surface area contributed by atoms with E-state index in [-0.39, 0.29) is 36.4 Å². The van der Waals surface area contributed by atoms with Gasteiger partial charge in [0.2, 0.25) is 0 Å². The molecule has 1 unspecified atom stereocenters. The molecule has 0 spiro atoms. The number of fused-ring (bicyclic) bond motifs is 1. The van der Waals surface area contributed by atoms with E-state index in [1.807, 2.05) is 13.0 Å². The van der Waals surface area contributed by atoms with Gasteiger partial charge in [0.05, 0.1) is 12.7 Å². The van der Waals surface area contributed by atoms with Crippen LogP contribution in [0.1, 0.15) is 39.5 Å². The standard InChI is InChI=1S/C20H30O5/c1-12-4-7-16-19(2,9-8-17(23)20(16,3)11-21)14(12)6-5-13-15(22)10-25-18(13)24/h5-6,13-17,21-23H,1,4,7-11H2,2-3H3/b6-5+/t13?,14-,15-,16+,17-,19+,20+/m1/s1. The Morgan fingerprint density at radius 2 is 2.00 bits per heavy atom. The maximum absolute atomic E-state index is 11.8. The van der Waals surface area contributed by atoms with Gasteiger partial charge in [0.1, 0.15) is 18.6 Å². The van der Waals surface area contributed by atoms with Gasteiger partial charge in [0.25, 0.3) is 0 Å². The zero-order valence-corrected chi connectivity index (χ0v) is 15.1. The molecule has 3 aliphatic rings. The number of aliphatic hydroxyl groups excluding tert-OH is 3. The molecular formula is C20H30O5. The van der Waals surface area contributed by atoms with Crippen LogP contribution in [0.15, 0.2) is 24.3 Å². The van der Waals surface area contributed by atoms with Crippen LogP contribution in [0.3, 0.4) is 0 Å². The van der Waals surface area contributed by atoms with Crippen molar-refractivity contribution in [3.05, 3.63) is 24.3 Å². The SMILES string of the molecule is C=C1CC[C@@H]2[C@](C)(CO)[C@H](O)CC[C@@]2(C)[C@@H]1/C=C/C1C(=O)OC[C@H]1O. The monoisotopic (exact) mass is 350 g/mol. The normalized spacial score (nSPS) is 47.8. The summed E-state index contributed by atoms with van der Waals surface area (Å²) >= 11 is 0. The predicted octanol–water partition coefficient (Wildman–Crippen LogP) is 1.82. The lowest BCUT2D eigenvalue weighted by molar-refractivity contribution is -0.146. The fraction of sp³-hybridized carbons (Fsp3) is 0.750. The van der Waals surface area contributed by atoms with Crippen LogP contribution in [0, 0.1) is 28.6 Å². The molecule has 5 heteroatoms. The molecule has 3 N–H and O–H groups in total. The number of ether oxygens (including phenoxy) is 1. The number of rotatable bonds is 3. The van der Waals surface area contributed by atoms with E-state index in [2.05, 4.69) is 13.5 Å². The van der Waals surface area contributed by atoms with Crippen LogP contribution in [-0.4, -0.2) is 46.7 Å². The minimum absolute atomic E-state index is 0.0367. The highest BCUT2D eigenvalue weighted by Crippen LogP contribution is 2.61. The summed E-state index contributed by atoms with van der Waals surface area (Å²) in [5.74, 6) is -0.763. The van der Waals surface area contributed by atoms with Gasteiger partial charge in [-0.1, -0.05) is 38.2 Å². The molecular weight excluding hydrogens is 320 g/mol. The van der Waals surface area contributed by atoms with Crippen LogP contribution in [-0.2, 0) is 9.53 Å². The van der Waals surface area contributed by atoms with Crippen LogP contribution >= 0.6 is 0 Å². The molecule has 2 aliphatic carbocycles. The average Bonchev–Trinajstić information content (AvgIpc) is 2.89. The summed E-state index contributed by atoms with van der Waals surface area (Å²) in [6, 6.07) is 0. The summed E-state index contributed by atoms with van der Waals surface area (Å²) in [4.78, 5) is 11.8. The summed E-state index contributed by atoms with van der Waals surface area (Å²) in [6.07, 6.45) is 5.72. The van der Waals surface area contributed by atoms with Gasteiger partial charge in [-0.05, 0) is 37.0 Å². The molecule has 1 saturated heterocycles. The maximum Gasteiger partial charge on any atom is 0.315 e. The Morgan fingerprint density at radius 1 is 1.28 bits per heavy atom. The smallest absolute Gasteiger partial charge is 0.315 e. The van der Waals surface area contributed by atoms with Crippen molar-refractivity contribution in [1.82, 2.24) is 0 Å². The highest BCUT2D eigenvalue weighted by molar-refractivity contribution is 5.77. The van der Waals surface area contributed by atoms with Crippen LogP contribution in [0.25, 0.3) is 0 Å². The summed E-state index contributed by atoms with van der Waals surface area (Å²) in [7, 11) is 0. The van der Waals surface area contributed by atoms with Crippen molar-refractivity contribution in [3.63, 3.8) is 0 Å². The molecule has 0 radical (unpaired) electrons. The van der Waals surface area contributed by atoms with Crippen molar-refractivity contribution in [1.29, 1.82) is 0 Å².